The molecule has 0 radical (unpaired) electrons. The molecule has 166 valence electrons. The van der Waals surface area contributed by atoms with Gasteiger partial charge in [-0.2, -0.15) is 0 Å². The van der Waals surface area contributed by atoms with E-state index in [4.69, 9.17) is 23.5 Å². The molecule has 4 aliphatic carbocycles. The van der Waals surface area contributed by atoms with E-state index in [0.29, 0.717) is 34.3 Å². The summed E-state index contributed by atoms with van der Waals surface area (Å²) in [5.74, 6) is 0.781. The number of carbonyl (C=O) groups excluding carboxylic acids is 1. The van der Waals surface area contributed by atoms with Crippen LogP contribution in [0.1, 0.15) is 76.2 Å². The maximum Gasteiger partial charge on any atom is 0.469 e. The first kappa shape index (κ1) is 19.9. The van der Waals surface area contributed by atoms with E-state index in [0.717, 1.165) is 24.8 Å². The van der Waals surface area contributed by atoms with Gasteiger partial charge in [0.2, 0.25) is 5.79 Å². The molecule has 7 heteroatoms. The van der Waals surface area contributed by atoms with Crippen LogP contribution >= 0.6 is 0 Å². The molecule has 1 aromatic carbocycles. The monoisotopic (exact) mass is 426 g/mol. The standard InChI is InChI=1S/C24H31BO6/c1-21(2)13-11-16(21)23(5)17(12-13)30-25(31-23)24(9-10-24)14-7-8-15(27-6)18-19(14)28-22(3,4)29-20(18)26/h7-8,13,16-17H,9-12H2,1-6H3/t13?,16?,17?,23-/m0/s1. The van der Waals surface area contributed by atoms with Gasteiger partial charge in [-0.3, -0.25) is 0 Å². The summed E-state index contributed by atoms with van der Waals surface area (Å²) in [6.45, 7) is 10.5. The molecule has 0 spiro atoms. The highest BCUT2D eigenvalue weighted by Crippen LogP contribution is 2.68. The molecular weight excluding hydrogens is 395 g/mol. The highest BCUT2D eigenvalue weighted by molar-refractivity contribution is 6.51. The van der Waals surface area contributed by atoms with E-state index >= 15 is 0 Å². The minimum absolute atomic E-state index is 0.128. The number of fused-ring (bicyclic) bond motifs is 1. The third kappa shape index (κ3) is 2.45. The minimum atomic E-state index is -1.04. The maximum absolute atomic E-state index is 12.8. The number of rotatable bonds is 3. The van der Waals surface area contributed by atoms with Crippen molar-refractivity contribution in [1.29, 1.82) is 0 Å². The molecule has 2 aliphatic heterocycles. The van der Waals surface area contributed by atoms with Crippen molar-refractivity contribution >= 4 is 13.1 Å². The molecule has 3 unspecified atom stereocenters. The second-order valence-corrected chi connectivity index (χ2v) is 11.4. The predicted octanol–water partition coefficient (Wildman–Crippen LogP) is 4.28. The highest BCUT2D eigenvalue weighted by Gasteiger charge is 2.72. The van der Waals surface area contributed by atoms with Gasteiger partial charge >= 0.3 is 13.1 Å². The summed E-state index contributed by atoms with van der Waals surface area (Å²) in [6.07, 6.45) is 4.29. The Morgan fingerprint density at radius 3 is 2.45 bits per heavy atom. The zero-order chi connectivity index (χ0) is 22.0. The first-order valence-corrected chi connectivity index (χ1v) is 11.5. The predicted molar refractivity (Wildman–Crippen MR) is 114 cm³/mol. The lowest BCUT2D eigenvalue weighted by atomic mass is 9.43. The average molecular weight is 426 g/mol. The molecule has 4 saturated carbocycles. The molecule has 7 rings (SSSR count). The van der Waals surface area contributed by atoms with Crippen molar-refractivity contribution in [3.05, 3.63) is 23.3 Å². The molecule has 0 amide bonds. The van der Waals surface area contributed by atoms with Crippen molar-refractivity contribution in [2.75, 3.05) is 7.11 Å². The molecule has 1 saturated heterocycles. The Kier molecular flexibility index (Phi) is 3.72. The summed E-state index contributed by atoms with van der Waals surface area (Å²) in [5.41, 5.74) is 1.36. The second kappa shape index (κ2) is 5.79. The number of ether oxygens (including phenoxy) is 3. The van der Waals surface area contributed by atoms with Gasteiger partial charge in [0.25, 0.3) is 0 Å². The van der Waals surface area contributed by atoms with Crippen LogP contribution in [0.3, 0.4) is 0 Å². The number of carbonyl (C=O) groups is 1. The van der Waals surface area contributed by atoms with E-state index < -0.39 is 11.8 Å². The molecule has 4 atom stereocenters. The van der Waals surface area contributed by atoms with Gasteiger partial charge in [-0.1, -0.05) is 19.9 Å². The quantitative estimate of drug-likeness (QED) is 0.531. The van der Waals surface area contributed by atoms with Gasteiger partial charge in [-0.05, 0) is 61.5 Å². The smallest absolute Gasteiger partial charge is 0.469 e. The summed E-state index contributed by atoms with van der Waals surface area (Å²) >= 11 is 0. The van der Waals surface area contributed by atoms with E-state index in [1.165, 1.54) is 6.42 Å². The van der Waals surface area contributed by atoms with Crippen molar-refractivity contribution in [2.24, 2.45) is 17.3 Å². The Labute approximate surface area is 184 Å². The lowest BCUT2D eigenvalue weighted by Gasteiger charge is -2.64. The molecule has 5 fully saturated rings. The van der Waals surface area contributed by atoms with Crippen LogP contribution in [0.5, 0.6) is 11.5 Å². The highest BCUT2D eigenvalue weighted by atomic mass is 16.7. The van der Waals surface area contributed by atoms with Crippen LogP contribution in [0.4, 0.5) is 0 Å². The number of benzene rings is 1. The number of methoxy groups -OCH3 is 1. The van der Waals surface area contributed by atoms with Crippen LogP contribution in [0.25, 0.3) is 0 Å². The SMILES string of the molecule is COc1ccc(C2(B3OC4CC5CC(C5(C)C)[C@]4(C)O3)CC2)c2c1C(=O)OC(C)(C)O2. The van der Waals surface area contributed by atoms with Gasteiger partial charge in [-0.15, -0.1) is 0 Å². The summed E-state index contributed by atoms with van der Waals surface area (Å²) in [6, 6.07) is 3.85. The molecule has 1 aromatic rings. The lowest BCUT2D eigenvalue weighted by Crippen LogP contribution is -2.65. The van der Waals surface area contributed by atoms with Gasteiger partial charge in [0.1, 0.15) is 17.1 Å². The zero-order valence-electron chi connectivity index (χ0n) is 19.2. The molecular formula is C24H31BO6. The fourth-order valence-corrected chi connectivity index (χ4v) is 6.84. The lowest BCUT2D eigenvalue weighted by molar-refractivity contribution is -0.199. The normalized spacial score (nSPS) is 37.7. The molecule has 31 heavy (non-hydrogen) atoms. The van der Waals surface area contributed by atoms with Gasteiger partial charge in [0, 0.05) is 19.2 Å². The molecule has 0 N–H and O–H groups in total. The van der Waals surface area contributed by atoms with E-state index in [-0.39, 0.29) is 24.1 Å². The number of esters is 1. The van der Waals surface area contributed by atoms with Gasteiger partial charge < -0.3 is 23.5 Å². The van der Waals surface area contributed by atoms with Crippen LogP contribution in [-0.2, 0) is 19.4 Å². The number of hydrogen-bond donors (Lipinski definition) is 0. The molecule has 6 aliphatic rings. The summed E-state index contributed by atoms with van der Waals surface area (Å²) in [5, 5.41) is -0.307. The van der Waals surface area contributed by atoms with Crippen LogP contribution in [0, 0.1) is 17.3 Å². The summed E-state index contributed by atoms with van der Waals surface area (Å²) in [7, 11) is 1.22. The summed E-state index contributed by atoms with van der Waals surface area (Å²) < 4.78 is 30.6. The number of hydrogen-bond acceptors (Lipinski definition) is 6. The second-order valence-electron chi connectivity index (χ2n) is 11.4. The first-order chi connectivity index (χ1) is 14.5. The van der Waals surface area contributed by atoms with Crippen molar-refractivity contribution < 1.29 is 28.3 Å². The van der Waals surface area contributed by atoms with Gasteiger partial charge in [-0.25, -0.2) is 4.79 Å². The molecule has 2 bridgehead atoms. The van der Waals surface area contributed by atoms with E-state index in [9.17, 15) is 4.79 Å². The van der Waals surface area contributed by atoms with Gasteiger partial charge in [0.05, 0.1) is 18.8 Å². The first-order valence-electron chi connectivity index (χ1n) is 11.5. The zero-order valence-corrected chi connectivity index (χ0v) is 19.2. The van der Waals surface area contributed by atoms with Gasteiger partial charge in [0.15, 0.2) is 0 Å². The average Bonchev–Trinajstić information content (AvgIpc) is 3.40. The van der Waals surface area contributed by atoms with Crippen LogP contribution < -0.4 is 9.47 Å². The van der Waals surface area contributed by atoms with E-state index in [2.05, 4.69) is 20.8 Å². The van der Waals surface area contributed by atoms with Crippen LogP contribution in [-0.4, -0.2) is 37.7 Å². The Morgan fingerprint density at radius 1 is 1.06 bits per heavy atom. The Hall–Kier alpha value is -1.73. The Morgan fingerprint density at radius 2 is 1.81 bits per heavy atom. The van der Waals surface area contributed by atoms with Crippen LogP contribution in [0.15, 0.2) is 12.1 Å². The van der Waals surface area contributed by atoms with E-state index in [1.807, 2.05) is 12.1 Å². The van der Waals surface area contributed by atoms with Crippen molar-refractivity contribution in [1.82, 2.24) is 0 Å². The number of cyclic esters (lactones) is 1. The van der Waals surface area contributed by atoms with Crippen molar-refractivity contribution in [3.8, 4) is 11.5 Å². The molecule has 0 aromatic heterocycles. The summed E-state index contributed by atoms with van der Waals surface area (Å²) in [4.78, 5) is 12.8. The maximum atomic E-state index is 12.8. The third-order valence-electron chi connectivity index (χ3n) is 8.96. The topological polar surface area (TPSA) is 63.2 Å². The minimum Gasteiger partial charge on any atom is -0.496 e. The Balaban J connectivity index is 1.40. The fourth-order valence-electron chi connectivity index (χ4n) is 6.84. The third-order valence-corrected chi connectivity index (χ3v) is 8.96. The largest absolute Gasteiger partial charge is 0.496 e. The van der Waals surface area contributed by atoms with Crippen molar-refractivity contribution in [2.45, 2.75) is 83.1 Å². The Bertz CT molecular complexity index is 983. The van der Waals surface area contributed by atoms with Crippen LogP contribution in [0.2, 0.25) is 0 Å². The molecule has 2 heterocycles. The fraction of sp³-hybridized carbons (Fsp3) is 0.708. The molecule has 6 nitrogen and oxygen atoms in total. The van der Waals surface area contributed by atoms with E-state index in [1.54, 1.807) is 21.0 Å². The van der Waals surface area contributed by atoms with Crippen molar-refractivity contribution in [3.63, 3.8) is 0 Å².